The molecular formula is C30H52N2O8Si. The first kappa shape index (κ1) is 36.5. The van der Waals surface area contributed by atoms with Gasteiger partial charge in [0.25, 0.3) is 0 Å². The molecule has 2 rings (SSSR count). The first-order valence-corrected chi connectivity index (χ1v) is 17.1. The number of imide groups is 2. The maximum atomic E-state index is 13.1. The summed E-state index contributed by atoms with van der Waals surface area (Å²) in [6.07, 6.45) is 1.73. The highest BCUT2D eigenvalue weighted by Gasteiger charge is 2.48. The van der Waals surface area contributed by atoms with Gasteiger partial charge < -0.3 is 19.0 Å². The zero-order valence-electron chi connectivity index (χ0n) is 26.9. The molecule has 0 aliphatic carbocycles. The number of aliphatic hydroxyl groups excluding tert-OH is 1. The largest absolute Gasteiger partial charge is 0.447 e. The van der Waals surface area contributed by atoms with Crippen LogP contribution in [-0.2, 0) is 23.5 Å². The minimum Gasteiger partial charge on any atom is -0.447 e. The monoisotopic (exact) mass is 596 g/mol. The van der Waals surface area contributed by atoms with Crippen LogP contribution in [0.4, 0.5) is 9.59 Å². The predicted octanol–water partition coefficient (Wildman–Crippen LogP) is 5.38. The molecule has 0 spiro atoms. The molecule has 0 radical (unpaired) electrons. The van der Waals surface area contributed by atoms with Gasteiger partial charge in [-0.2, -0.15) is 0 Å². The van der Waals surface area contributed by atoms with Crippen molar-refractivity contribution in [2.75, 3.05) is 26.4 Å². The van der Waals surface area contributed by atoms with Crippen molar-refractivity contribution >= 4 is 32.3 Å². The molecule has 0 aromatic carbocycles. The Hall–Kier alpha value is -2.50. The van der Waals surface area contributed by atoms with Crippen molar-refractivity contribution in [3.63, 3.8) is 0 Å². The number of nitrogens with zero attached hydrogens (tertiary/aromatic N) is 2. The zero-order valence-corrected chi connectivity index (χ0v) is 27.9. The average molecular weight is 597 g/mol. The van der Waals surface area contributed by atoms with E-state index in [1.807, 2.05) is 27.7 Å². The molecule has 234 valence electrons. The second kappa shape index (κ2) is 13.6. The van der Waals surface area contributed by atoms with Gasteiger partial charge in [0, 0.05) is 0 Å². The van der Waals surface area contributed by atoms with Crippen LogP contribution < -0.4 is 0 Å². The number of amides is 4. The van der Waals surface area contributed by atoms with Gasteiger partial charge in [-0.15, -0.1) is 13.2 Å². The lowest BCUT2D eigenvalue weighted by atomic mass is 9.89. The van der Waals surface area contributed by atoms with Crippen molar-refractivity contribution < 1.29 is 38.2 Å². The Balaban J connectivity index is 0.000000435. The third-order valence-corrected chi connectivity index (χ3v) is 13.0. The molecule has 11 heteroatoms. The molecule has 41 heavy (non-hydrogen) atoms. The van der Waals surface area contributed by atoms with Gasteiger partial charge >= 0.3 is 12.2 Å². The first-order chi connectivity index (χ1) is 18.6. The SMILES string of the molecule is C=C[C@](C)(CO)C(=O)N1C(=O)OC[C@H]1C(C)C.C=C[C@](C)(CO[Si](C)(C)C(C)(C)C)C(=O)N1C(=O)OC[C@H]1C(C)C. The van der Waals surface area contributed by atoms with Gasteiger partial charge in [-0.05, 0) is 43.8 Å². The molecule has 10 nitrogen and oxygen atoms in total. The number of rotatable bonds is 10. The number of carbonyl (C=O) groups is 4. The number of ether oxygens (including phenoxy) is 2. The summed E-state index contributed by atoms with van der Waals surface area (Å²) in [6, 6.07) is -0.516. The number of carbonyl (C=O) groups excluding carboxylic acids is 4. The molecule has 0 aromatic heterocycles. The highest BCUT2D eigenvalue weighted by Crippen LogP contribution is 2.38. The smallest absolute Gasteiger partial charge is 0.417 e. The van der Waals surface area contributed by atoms with Gasteiger partial charge in [0.15, 0.2) is 8.32 Å². The number of cyclic esters (lactones) is 2. The fourth-order valence-electron chi connectivity index (χ4n) is 3.85. The van der Waals surface area contributed by atoms with Gasteiger partial charge in [0.1, 0.15) is 13.2 Å². The van der Waals surface area contributed by atoms with Crippen LogP contribution in [0.15, 0.2) is 25.3 Å². The molecule has 0 unspecified atom stereocenters. The Morgan fingerprint density at radius 1 is 0.902 bits per heavy atom. The van der Waals surface area contributed by atoms with Gasteiger partial charge in [0.05, 0.1) is 36.1 Å². The van der Waals surface area contributed by atoms with Crippen molar-refractivity contribution in [3.05, 3.63) is 25.3 Å². The molecule has 4 amide bonds. The van der Waals surface area contributed by atoms with Crippen molar-refractivity contribution in [1.82, 2.24) is 9.80 Å². The van der Waals surface area contributed by atoms with Gasteiger partial charge in [0.2, 0.25) is 11.8 Å². The van der Waals surface area contributed by atoms with Crippen LogP contribution in [0.1, 0.15) is 62.3 Å². The summed E-state index contributed by atoms with van der Waals surface area (Å²) in [7, 11) is -2.01. The van der Waals surface area contributed by atoms with Gasteiger partial charge in [-0.25, -0.2) is 19.4 Å². The Bertz CT molecular complexity index is 1000. The Kier molecular flexibility index (Phi) is 12.2. The molecule has 2 fully saturated rings. The fourth-order valence-corrected chi connectivity index (χ4v) is 4.94. The van der Waals surface area contributed by atoms with Crippen LogP contribution in [0.2, 0.25) is 18.1 Å². The molecular weight excluding hydrogens is 544 g/mol. The fraction of sp³-hybridized carbons (Fsp3) is 0.733. The maximum Gasteiger partial charge on any atom is 0.417 e. The maximum absolute atomic E-state index is 13.1. The number of hydrogen-bond donors (Lipinski definition) is 1. The number of hydrogen-bond acceptors (Lipinski definition) is 8. The second-order valence-corrected chi connectivity index (χ2v) is 18.4. The highest BCUT2D eigenvalue weighted by atomic mass is 28.4. The first-order valence-electron chi connectivity index (χ1n) is 14.2. The van der Waals surface area contributed by atoms with E-state index in [1.165, 1.54) is 11.0 Å². The van der Waals surface area contributed by atoms with E-state index in [-0.39, 0.29) is 61.3 Å². The van der Waals surface area contributed by atoms with Gasteiger partial charge in [-0.3, -0.25) is 9.59 Å². The molecule has 0 bridgehead atoms. The van der Waals surface area contributed by atoms with Crippen molar-refractivity contribution in [3.8, 4) is 0 Å². The van der Waals surface area contributed by atoms with Crippen LogP contribution in [-0.4, -0.2) is 85.7 Å². The third-order valence-electron chi connectivity index (χ3n) is 8.53. The summed E-state index contributed by atoms with van der Waals surface area (Å²) in [6.45, 7) is 29.5. The molecule has 2 saturated heterocycles. The van der Waals surface area contributed by atoms with E-state index in [1.54, 1.807) is 19.9 Å². The molecule has 0 saturated carbocycles. The minimum atomic E-state index is -2.01. The summed E-state index contributed by atoms with van der Waals surface area (Å²) in [5, 5.41) is 9.30. The van der Waals surface area contributed by atoms with Crippen molar-refractivity contribution in [1.29, 1.82) is 0 Å². The highest BCUT2D eigenvalue weighted by molar-refractivity contribution is 6.74. The lowest BCUT2D eigenvalue weighted by Gasteiger charge is -2.39. The Morgan fingerprint density at radius 3 is 1.56 bits per heavy atom. The average Bonchev–Trinajstić information content (AvgIpc) is 3.48. The van der Waals surface area contributed by atoms with Crippen LogP contribution in [0.25, 0.3) is 0 Å². The lowest BCUT2D eigenvalue weighted by molar-refractivity contribution is -0.139. The van der Waals surface area contributed by atoms with Crippen molar-refractivity contribution in [2.24, 2.45) is 22.7 Å². The minimum absolute atomic E-state index is 0.0468. The summed E-state index contributed by atoms with van der Waals surface area (Å²) >= 11 is 0. The Labute approximate surface area is 247 Å². The van der Waals surface area contributed by atoms with E-state index < -0.39 is 37.2 Å². The summed E-state index contributed by atoms with van der Waals surface area (Å²) in [4.78, 5) is 51.3. The van der Waals surface area contributed by atoms with Crippen LogP contribution in [0.3, 0.4) is 0 Å². The standard InChI is InChI=1S/C18H33NO4Si.C12H19NO4/c1-10-18(7,12-23-24(8,9)17(4,5)6)15(20)19-14(13(2)3)11-22-16(19)21;1-5-12(4,7-14)10(15)13-9(8(2)3)6-17-11(13)16/h10,13-14H,1,11-12H2,2-9H3;5,8-9,14H,1,6-7H2,2-4H3/t14-,18+;9-,12+/m00/s1. The molecule has 1 N–H and O–H groups in total. The van der Waals surface area contributed by atoms with E-state index in [9.17, 15) is 24.3 Å². The van der Waals surface area contributed by atoms with Gasteiger partial charge in [-0.1, -0.05) is 60.6 Å². The van der Waals surface area contributed by atoms with E-state index in [0.717, 1.165) is 4.90 Å². The van der Waals surface area contributed by atoms with Crippen molar-refractivity contribution in [2.45, 2.75) is 92.5 Å². The third kappa shape index (κ3) is 8.07. The quantitative estimate of drug-likeness (QED) is 0.264. The lowest BCUT2D eigenvalue weighted by Crippen LogP contribution is -2.51. The molecule has 2 heterocycles. The van der Waals surface area contributed by atoms with E-state index >= 15 is 0 Å². The van der Waals surface area contributed by atoms with Crippen LogP contribution in [0, 0.1) is 22.7 Å². The molecule has 2 aliphatic rings. The van der Waals surface area contributed by atoms with E-state index in [4.69, 9.17) is 13.9 Å². The van der Waals surface area contributed by atoms with E-state index in [2.05, 4.69) is 47.0 Å². The molecule has 2 aliphatic heterocycles. The van der Waals surface area contributed by atoms with Crippen LogP contribution >= 0.6 is 0 Å². The predicted molar refractivity (Wildman–Crippen MR) is 160 cm³/mol. The zero-order chi connectivity index (χ0) is 32.1. The summed E-state index contributed by atoms with van der Waals surface area (Å²) in [5.41, 5.74) is -2.09. The molecule has 0 aromatic rings. The molecule has 4 atom stereocenters. The van der Waals surface area contributed by atoms with Crippen LogP contribution in [0.5, 0.6) is 0 Å². The number of aliphatic hydroxyl groups is 1. The topological polar surface area (TPSA) is 123 Å². The Morgan fingerprint density at radius 2 is 1.27 bits per heavy atom. The second-order valence-electron chi connectivity index (χ2n) is 13.6. The summed E-state index contributed by atoms with van der Waals surface area (Å²) in [5.74, 6) is -0.512. The van der Waals surface area contributed by atoms with E-state index in [0.29, 0.717) is 0 Å². The summed E-state index contributed by atoms with van der Waals surface area (Å²) < 4.78 is 16.2. The normalized spacial score (nSPS) is 22.4.